The highest BCUT2D eigenvalue weighted by Crippen LogP contribution is 2.35. The van der Waals surface area contributed by atoms with Gasteiger partial charge in [0.25, 0.3) is 0 Å². The lowest BCUT2D eigenvalue weighted by molar-refractivity contribution is 0.305. The molecule has 0 radical (unpaired) electrons. The lowest BCUT2D eigenvalue weighted by Gasteiger charge is -2.25. The molecule has 0 saturated heterocycles. The number of aromatic nitrogens is 1. The van der Waals surface area contributed by atoms with E-state index in [4.69, 9.17) is 4.74 Å². The molecule has 1 aromatic heterocycles. The predicted molar refractivity (Wildman–Crippen MR) is 126 cm³/mol. The number of benzene rings is 3. The summed E-state index contributed by atoms with van der Waals surface area (Å²) in [6.07, 6.45) is 2.13. The molecule has 5 rings (SSSR count). The molecule has 3 aromatic carbocycles. The number of ether oxygens (including phenoxy) is 1. The van der Waals surface area contributed by atoms with Gasteiger partial charge in [-0.15, -0.1) is 12.4 Å². The maximum atomic E-state index is 6.06. The molecule has 1 aliphatic rings. The smallest absolute Gasteiger partial charge is 0.120 e. The van der Waals surface area contributed by atoms with E-state index in [0.717, 1.165) is 25.1 Å². The highest BCUT2D eigenvalue weighted by molar-refractivity contribution is 5.86. The van der Waals surface area contributed by atoms with Crippen LogP contribution < -0.4 is 10.1 Å². The summed E-state index contributed by atoms with van der Waals surface area (Å²) in [6, 6.07) is 25.7. The summed E-state index contributed by atoms with van der Waals surface area (Å²) >= 11 is 0. The van der Waals surface area contributed by atoms with E-state index in [1.54, 1.807) is 0 Å². The van der Waals surface area contributed by atoms with Gasteiger partial charge in [0, 0.05) is 23.1 Å². The fraction of sp³-hybridized carbons (Fsp3) is 0.231. The molecule has 4 aromatic rings. The van der Waals surface area contributed by atoms with Gasteiger partial charge in [-0.2, -0.15) is 0 Å². The normalized spacial score (nSPS) is 15.4. The molecule has 0 saturated carbocycles. The number of halogens is 1. The molecule has 0 aliphatic carbocycles. The fourth-order valence-corrected chi connectivity index (χ4v) is 4.30. The van der Waals surface area contributed by atoms with Crippen molar-refractivity contribution in [2.75, 3.05) is 6.54 Å². The first-order chi connectivity index (χ1) is 14.3. The van der Waals surface area contributed by atoms with Crippen LogP contribution in [0.25, 0.3) is 10.9 Å². The van der Waals surface area contributed by atoms with Crippen molar-refractivity contribution in [3.05, 3.63) is 101 Å². The maximum absolute atomic E-state index is 6.06. The number of aryl methyl sites for hydroxylation is 1. The Morgan fingerprint density at radius 3 is 2.63 bits per heavy atom. The lowest BCUT2D eigenvalue weighted by Crippen LogP contribution is -2.30. The van der Waals surface area contributed by atoms with Crippen molar-refractivity contribution < 1.29 is 4.74 Å². The Kier molecular flexibility index (Phi) is 6.12. The zero-order valence-electron chi connectivity index (χ0n) is 17.2. The van der Waals surface area contributed by atoms with Crippen LogP contribution in [0.15, 0.2) is 72.8 Å². The largest absolute Gasteiger partial charge is 0.489 e. The molecule has 0 amide bonds. The Morgan fingerprint density at radius 2 is 1.80 bits per heavy atom. The number of rotatable bonds is 5. The molecule has 1 aliphatic heterocycles. The van der Waals surface area contributed by atoms with Crippen molar-refractivity contribution in [3.63, 3.8) is 0 Å². The topological polar surface area (TPSA) is 37.0 Å². The Bertz CT molecular complexity index is 1140. The van der Waals surface area contributed by atoms with E-state index in [9.17, 15) is 0 Å². The first-order valence-corrected chi connectivity index (χ1v) is 10.5. The minimum Gasteiger partial charge on any atom is -0.489 e. The molecule has 4 heteroatoms. The standard InChI is InChI=1S/C26H26N2O.ClH/c1-2-18-11-12-24-23(15-18)22-13-14-27-25(26(22)28-24)20-9-6-10-21(16-20)29-17-19-7-4-3-5-8-19;/h3-12,15-16,25,27-28H,2,13-14,17H2,1H3;1H. The number of hydrogen-bond donors (Lipinski definition) is 2. The molecule has 0 spiro atoms. The van der Waals surface area contributed by atoms with Gasteiger partial charge in [-0.25, -0.2) is 0 Å². The van der Waals surface area contributed by atoms with E-state index in [1.807, 2.05) is 24.3 Å². The van der Waals surface area contributed by atoms with Crippen LogP contribution in [-0.2, 0) is 19.4 Å². The third kappa shape index (κ3) is 3.96. The molecule has 1 unspecified atom stereocenters. The number of aromatic amines is 1. The van der Waals surface area contributed by atoms with Crippen LogP contribution in [0.4, 0.5) is 0 Å². The average molecular weight is 419 g/mol. The van der Waals surface area contributed by atoms with E-state index in [-0.39, 0.29) is 18.4 Å². The second-order valence-corrected chi connectivity index (χ2v) is 7.73. The molecular weight excluding hydrogens is 392 g/mol. The predicted octanol–water partition coefficient (Wildman–Crippen LogP) is 5.97. The van der Waals surface area contributed by atoms with Crippen molar-refractivity contribution in [2.24, 2.45) is 0 Å². The van der Waals surface area contributed by atoms with Crippen LogP contribution in [-0.4, -0.2) is 11.5 Å². The van der Waals surface area contributed by atoms with E-state index < -0.39 is 0 Å². The van der Waals surface area contributed by atoms with Crippen LogP contribution in [0, 0.1) is 0 Å². The quantitative estimate of drug-likeness (QED) is 0.419. The number of nitrogens with one attached hydrogen (secondary N) is 2. The molecule has 3 nitrogen and oxygen atoms in total. The van der Waals surface area contributed by atoms with Crippen molar-refractivity contribution in [2.45, 2.75) is 32.4 Å². The highest BCUT2D eigenvalue weighted by atomic mass is 35.5. The van der Waals surface area contributed by atoms with Gasteiger partial charge in [0.1, 0.15) is 12.4 Å². The molecule has 154 valence electrons. The molecule has 2 heterocycles. The molecule has 2 N–H and O–H groups in total. The van der Waals surface area contributed by atoms with E-state index in [2.05, 4.69) is 65.8 Å². The lowest BCUT2D eigenvalue weighted by atomic mass is 9.94. The summed E-state index contributed by atoms with van der Waals surface area (Å²) in [5.41, 5.74) is 7.79. The van der Waals surface area contributed by atoms with Crippen LogP contribution in [0.5, 0.6) is 5.75 Å². The monoisotopic (exact) mass is 418 g/mol. The van der Waals surface area contributed by atoms with Gasteiger partial charge < -0.3 is 15.0 Å². The van der Waals surface area contributed by atoms with Gasteiger partial charge >= 0.3 is 0 Å². The molecule has 30 heavy (non-hydrogen) atoms. The average Bonchev–Trinajstić information content (AvgIpc) is 3.16. The fourth-order valence-electron chi connectivity index (χ4n) is 4.30. The summed E-state index contributed by atoms with van der Waals surface area (Å²) in [5, 5.41) is 5.07. The molecule has 1 atom stereocenters. The minimum absolute atomic E-state index is 0. The van der Waals surface area contributed by atoms with Gasteiger partial charge in [0.2, 0.25) is 0 Å². The van der Waals surface area contributed by atoms with Crippen LogP contribution in [0.3, 0.4) is 0 Å². The van der Waals surface area contributed by atoms with Crippen LogP contribution in [0.2, 0.25) is 0 Å². The van der Waals surface area contributed by atoms with Gasteiger partial charge in [-0.05, 0) is 59.4 Å². The van der Waals surface area contributed by atoms with Crippen molar-refractivity contribution in [1.29, 1.82) is 0 Å². The zero-order chi connectivity index (χ0) is 19.6. The summed E-state index contributed by atoms with van der Waals surface area (Å²) in [6.45, 7) is 3.78. The van der Waals surface area contributed by atoms with Crippen LogP contribution in [0.1, 0.15) is 40.9 Å². The van der Waals surface area contributed by atoms with Crippen molar-refractivity contribution in [1.82, 2.24) is 10.3 Å². The molecule has 0 bridgehead atoms. The second-order valence-electron chi connectivity index (χ2n) is 7.73. The summed E-state index contributed by atoms with van der Waals surface area (Å²) < 4.78 is 6.06. The third-order valence-corrected chi connectivity index (χ3v) is 5.86. The second kappa shape index (κ2) is 8.95. The Balaban J connectivity index is 0.00000218. The molecule has 0 fully saturated rings. The van der Waals surface area contributed by atoms with Crippen molar-refractivity contribution in [3.8, 4) is 5.75 Å². The summed E-state index contributed by atoms with van der Waals surface area (Å²) in [4.78, 5) is 3.69. The Labute approximate surface area is 183 Å². The van der Waals surface area contributed by atoms with Gasteiger partial charge in [-0.1, -0.05) is 55.5 Å². The summed E-state index contributed by atoms with van der Waals surface area (Å²) in [5.74, 6) is 0.907. The third-order valence-electron chi connectivity index (χ3n) is 5.86. The Morgan fingerprint density at radius 1 is 0.933 bits per heavy atom. The van der Waals surface area contributed by atoms with Gasteiger partial charge in [0.05, 0.1) is 6.04 Å². The van der Waals surface area contributed by atoms with Crippen molar-refractivity contribution >= 4 is 23.3 Å². The van der Waals surface area contributed by atoms with Gasteiger partial charge in [-0.3, -0.25) is 0 Å². The first kappa shape index (κ1) is 20.5. The first-order valence-electron chi connectivity index (χ1n) is 10.5. The van der Waals surface area contributed by atoms with Gasteiger partial charge in [0.15, 0.2) is 0 Å². The number of hydrogen-bond acceptors (Lipinski definition) is 2. The molecular formula is C26H27ClN2O. The summed E-state index contributed by atoms with van der Waals surface area (Å²) in [7, 11) is 0. The number of H-pyrrole nitrogens is 1. The van der Waals surface area contributed by atoms with E-state index in [0.29, 0.717) is 6.61 Å². The zero-order valence-corrected chi connectivity index (χ0v) is 18.0. The van der Waals surface area contributed by atoms with Crippen LogP contribution >= 0.6 is 12.4 Å². The maximum Gasteiger partial charge on any atom is 0.120 e. The minimum atomic E-state index is 0. The van der Waals surface area contributed by atoms with E-state index in [1.165, 1.54) is 38.9 Å². The Hall–Kier alpha value is -2.75. The van der Waals surface area contributed by atoms with E-state index >= 15 is 0 Å². The number of fused-ring (bicyclic) bond motifs is 3. The SMILES string of the molecule is CCc1ccc2[nH]c3c(c2c1)CCNC3c1cccc(OCc2ccccc2)c1.Cl. The highest BCUT2D eigenvalue weighted by Gasteiger charge is 2.25.